The Labute approximate surface area is 176 Å². The first kappa shape index (κ1) is 20.5. The third-order valence-electron chi connectivity index (χ3n) is 3.99. The zero-order valence-corrected chi connectivity index (χ0v) is 17.7. The highest BCUT2D eigenvalue weighted by Gasteiger charge is 2.20. The molecule has 0 amide bonds. The highest BCUT2D eigenvalue weighted by molar-refractivity contribution is 8.08. The summed E-state index contributed by atoms with van der Waals surface area (Å²) in [6.45, 7) is 3.66. The first-order valence-corrected chi connectivity index (χ1v) is 10.8. The molecular formula is C25H24OS2. The first-order chi connectivity index (χ1) is 13.5. The van der Waals surface area contributed by atoms with Crippen molar-refractivity contribution in [3.8, 4) is 0 Å². The second-order valence-corrected chi connectivity index (χ2v) is 9.05. The molecule has 28 heavy (non-hydrogen) atoms. The second-order valence-electron chi connectivity index (χ2n) is 6.82. The molecule has 0 spiro atoms. The molecule has 1 N–H and O–H groups in total. The summed E-state index contributed by atoms with van der Waals surface area (Å²) in [5.74, 6) is 0. The molecule has 3 rings (SSSR count). The summed E-state index contributed by atoms with van der Waals surface area (Å²) in [5.41, 5.74) is 0.239. The highest BCUT2D eigenvalue weighted by Crippen LogP contribution is 2.37. The Morgan fingerprint density at radius 1 is 0.679 bits per heavy atom. The van der Waals surface area contributed by atoms with Crippen LogP contribution in [0.2, 0.25) is 0 Å². The van der Waals surface area contributed by atoms with E-state index >= 15 is 0 Å². The maximum absolute atomic E-state index is 10.7. The van der Waals surface area contributed by atoms with E-state index in [1.54, 1.807) is 23.5 Å². The quantitative estimate of drug-likeness (QED) is 0.330. The molecule has 0 bridgehead atoms. The molecule has 0 fully saturated rings. The Hall–Kier alpha value is -2.20. The van der Waals surface area contributed by atoms with E-state index in [4.69, 9.17) is 0 Å². The lowest BCUT2D eigenvalue weighted by Gasteiger charge is -2.21. The number of hydrogen-bond donors (Lipinski definition) is 1. The van der Waals surface area contributed by atoms with Crippen LogP contribution < -0.4 is 0 Å². The van der Waals surface area contributed by atoms with Crippen molar-refractivity contribution in [1.29, 1.82) is 0 Å². The van der Waals surface area contributed by atoms with E-state index in [9.17, 15) is 5.11 Å². The van der Waals surface area contributed by atoms with Crippen LogP contribution in [0.15, 0.2) is 118 Å². The van der Waals surface area contributed by atoms with Gasteiger partial charge in [-0.1, -0.05) is 90.3 Å². The van der Waals surface area contributed by atoms with Crippen molar-refractivity contribution in [2.75, 3.05) is 0 Å². The van der Waals surface area contributed by atoms with Crippen LogP contribution in [0.1, 0.15) is 19.4 Å². The van der Waals surface area contributed by atoms with E-state index in [1.165, 1.54) is 4.90 Å². The molecule has 3 aromatic carbocycles. The average molecular weight is 405 g/mol. The highest BCUT2D eigenvalue weighted by atomic mass is 32.2. The zero-order chi connectivity index (χ0) is 19.8. The van der Waals surface area contributed by atoms with Gasteiger partial charge in [0.15, 0.2) is 0 Å². The molecule has 0 unspecified atom stereocenters. The molecule has 0 radical (unpaired) electrons. The van der Waals surface area contributed by atoms with E-state index < -0.39 is 5.60 Å². The molecule has 0 aromatic heterocycles. The largest absolute Gasteiger partial charge is 0.385 e. The van der Waals surface area contributed by atoms with Crippen molar-refractivity contribution in [1.82, 2.24) is 0 Å². The van der Waals surface area contributed by atoms with Gasteiger partial charge in [0, 0.05) is 19.6 Å². The van der Waals surface area contributed by atoms with E-state index in [1.807, 2.05) is 74.5 Å². The van der Waals surface area contributed by atoms with E-state index in [-0.39, 0.29) is 0 Å². The van der Waals surface area contributed by atoms with Gasteiger partial charge in [-0.25, -0.2) is 0 Å². The average Bonchev–Trinajstić information content (AvgIpc) is 2.71. The van der Waals surface area contributed by atoms with Crippen LogP contribution in [0.4, 0.5) is 0 Å². The molecule has 1 nitrogen and oxygen atoms in total. The third kappa shape index (κ3) is 6.16. The van der Waals surface area contributed by atoms with Gasteiger partial charge in [-0.05, 0) is 55.8 Å². The molecule has 3 heteroatoms. The summed E-state index contributed by atoms with van der Waals surface area (Å²) in [6.07, 6.45) is 4.15. The van der Waals surface area contributed by atoms with Crippen molar-refractivity contribution < 1.29 is 5.11 Å². The molecule has 3 aromatic rings. The summed E-state index contributed by atoms with van der Waals surface area (Å²) < 4.78 is 0. The van der Waals surface area contributed by atoms with Crippen molar-refractivity contribution in [2.24, 2.45) is 0 Å². The van der Waals surface area contributed by atoms with Crippen LogP contribution in [0, 0.1) is 0 Å². The van der Waals surface area contributed by atoms with Gasteiger partial charge >= 0.3 is 0 Å². The summed E-state index contributed by atoms with van der Waals surface area (Å²) in [7, 11) is 0. The van der Waals surface area contributed by atoms with Crippen LogP contribution in [0.25, 0.3) is 4.91 Å². The lowest BCUT2D eigenvalue weighted by atomic mass is 10.1. The normalized spacial score (nSPS) is 12.8. The van der Waals surface area contributed by atoms with Crippen LogP contribution in [-0.4, -0.2) is 10.7 Å². The maximum atomic E-state index is 10.7. The molecule has 0 atom stereocenters. The maximum Gasteiger partial charge on any atom is 0.0902 e. The van der Waals surface area contributed by atoms with E-state index in [0.29, 0.717) is 0 Å². The fraction of sp³-hybridized carbons (Fsp3) is 0.120. The molecule has 0 saturated carbocycles. The van der Waals surface area contributed by atoms with Crippen LogP contribution in [0.5, 0.6) is 0 Å². The summed E-state index contributed by atoms with van der Waals surface area (Å²) in [4.78, 5) is 4.34. The van der Waals surface area contributed by atoms with Gasteiger partial charge in [-0.2, -0.15) is 0 Å². The topological polar surface area (TPSA) is 20.2 Å². The first-order valence-electron chi connectivity index (χ1n) is 9.18. The molecule has 0 aliphatic rings. The van der Waals surface area contributed by atoms with Gasteiger partial charge in [-0.15, -0.1) is 0 Å². The summed E-state index contributed by atoms with van der Waals surface area (Å²) in [5, 5.41) is 10.7. The Morgan fingerprint density at radius 2 is 1.14 bits per heavy atom. The summed E-state index contributed by atoms with van der Waals surface area (Å²) in [6, 6.07) is 30.9. The standard InChI is InChI=1S/C25H24OS2/c1-25(2,26)24(28-22-16-10-5-11-17-22)19-18-23(20-12-6-3-7-13-20)27-21-14-8-4-9-15-21/h3-19,26H,1-2H3/b23-18-,24-19-. The van der Waals surface area contributed by atoms with Gasteiger partial charge in [0.2, 0.25) is 0 Å². The number of rotatable bonds is 7. The van der Waals surface area contributed by atoms with Crippen LogP contribution in [-0.2, 0) is 0 Å². The number of aliphatic hydroxyl groups is 1. The number of benzene rings is 3. The molecule has 0 saturated heterocycles. The van der Waals surface area contributed by atoms with Gasteiger partial charge < -0.3 is 5.11 Å². The molecular weight excluding hydrogens is 380 g/mol. The molecule has 0 heterocycles. The monoisotopic (exact) mass is 404 g/mol. The van der Waals surface area contributed by atoms with Crippen molar-refractivity contribution in [2.45, 2.75) is 29.2 Å². The van der Waals surface area contributed by atoms with Crippen LogP contribution >= 0.6 is 23.5 Å². The minimum Gasteiger partial charge on any atom is -0.385 e. The predicted octanol–water partition coefficient (Wildman–Crippen LogP) is 7.27. The lowest BCUT2D eigenvalue weighted by Crippen LogP contribution is -2.19. The van der Waals surface area contributed by atoms with Gasteiger partial charge in [-0.3, -0.25) is 0 Å². The van der Waals surface area contributed by atoms with Crippen molar-refractivity contribution in [3.63, 3.8) is 0 Å². The zero-order valence-electron chi connectivity index (χ0n) is 16.1. The number of hydrogen-bond acceptors (Lipinski definition) is 3. The minimum absolute atomic E-state index is 0.904. The third-order valence-corrected chi connectivity index (χ3v) is 6.45. The predicted molar refractivity (Wildman–Crippen MR) is 123 cm³/mol. The Morgan fingerprint density at radius 3 is 1.64 bits per heavy atom. The smallest absolute Gasteiger partial charge is 0.0902 e. The minimum atomic E-state index is -0.920. The molecule has 0 aliphatic carbocycles. The Bertz CT molecular complexity index is 925. The lowest BCUT2D eigenvalue weighted by molar-refractivity contribution is 0.129. The number of thioether (sulfide) groups is 2. The SMILES string of the molecule is CC(C)(O)/C(=C/C=C(\Sc1ccccc1)c1ccccc1)Sc1ccccc1. The molecule has 0 aliphatic heterocycles. The van der Waals surface area contributed by atoms with Gasteiger partial charge in [0.1, 0.15) is 0 Å². The Balaban J connectivity index is 1.96. The van der Waals surface area contributed by atoms with Crippen molar-refractivity contribution >= 4 is 28.4 Å². The van der Waals surface area contributed by atoms with Crippen molar-refractivity contribution in [3.05, 3.63) is 114 Å². The van der Waals surface area contributed by atoms with Gasteiger partial charge in [0.25, 0.3) is 0 Å². The van der Waals surface area contributed by atoms with E-state index in [2.05, 4.69) is 42.5 Å². The van der Waals surface area contributed by atoms with Gasteiger partial charge in [0.05, 0.1) is 5.60 Å². The van der Waals surface area contributed by atoms with E-state index in [0.717, 1.165) is 20.3 Å². The number of allylic oxidation sites excluding steroid dienone is 2. The fourth-order valence-electron chi connectivity index (χ4n) is 2.54. The van der Waals surface area contributed by atoms with Crippen LogP contribution in [0.3, 0.4) is 0 Å². The molecule has 142 valence electrons. The Kier molecular flexibility index (Phi) is 7.21. The summed E-state index contributed by atoms with van der Waals surface area (Å²) >= 11 is 3.32. The fourth-order valence-corrected chi connectivity index (χ4v) is 4.41. The second kappa shape index (κ2) is 9.83.